The molecule has 0 radical (unpaired) electrons. The van der Waals surface area contributed by atoms with Crippen LogP contribution < -0.4 is 0 Å². The zero-order valence-electron chi connectivity index (χ0n) is 23.8. The summed E-state index contributed by atoms with van der Waals surface area (Å²) in [6, 6.07) is 50.8. The smallest absolute Gasteiger partial charge is 0.0625 e. The molecule has 0 aliphatic rings. The van der Waals surface area contributed by atoms with Crippen LogP contribution in [0.4, 0.5) is 0 Å². The van der Waals surface area contributed by atoms with Gasteiger partial charge >= 0.3 is 0 Å². The minimum Gasteiger partial charge on any atom is -0.309 e. The van der Waals surface area contributed by atoms with E-state index in [0.29, 0.717) is 0 Å². The lowest BCUT2D eigenvalue weighted by atomic mass is 9.95. The molecule has 0 saturated heterocycles. The lowest BCUT2D eigenvalue weighted by Crippen LogP contribution is -1.96. The van der Waals surface area contributed by atoms with E-state index in [1.807, 2.05) is 12.4 Å². The Hall–Kier alpha value is -5.93. The predicted octanol–water partition coefficient (Wildman–Crippen LogP) is 10.7. The Morgan fingerprint density at radius 2 is 1.09 bits per heavy atom. The molecule has 10 rings (SSSR count). The van der Waals surface area contributed by atoms with E-state index in [1.165, 1.54) is 65.0 Å². The van der Waals surface area contributed by atoms with E-state index in [2.05, 4.69) is 154 Å². The van der Waals surface area contributed by atoms with E-state index in [4.69, 9.17) is 0 Å². The summed E-state index contributed by atoms with van der Waals surface area (Å²) in [6.45, 7) is 0. The van der Waals surface area contributed by atoms with Crippen molar-refractivity contribution >= 4 is 75.9 Å². The summed E-state index contributed by atoms with van der Waals surface area (Å²) in [5.41, 5.74) is 7.07. The fraction of sp³-hybridized carbons (Fsp3) is 0. The molecule has 0 aliphatic carbocycles. The summed E-state index contributed by atoms with van der Waals surface area (Å²) in [5.74, 6) is 0. The Labute approximate surface area is 252 Å². The molecule has 7 aromatic carbocycles. The first-order chi connectivity index (χ1) is 21.8. The van der Waals surface area contributed by atoms with E-state index in [1.54, 1.807) is 0 Å². The van der Waals surface area contributed by atoms with Gasteiger partial charge in [0.1, 0.15) is 0 Å². The van der Waals surface area contributed by atoms with Gasteiger partial charge in [0.25, 0.3) is 0 Å². The standard InChI is InChI=1S/C41H25N3/c1-2-9-28(10-3-1)43-38-21-17-29(24-35(38)36-25-42-23-22-39(36)43)44-37-13-7-6-12-32(37)34-20-16-27-15-18-31-30-11-5-4-8-26(30)14-19-33(31)40(27)41(34)44/h1-25H. The summed E-state index contributed by atoms with van der Waals surface area (Å²) in [4.78, 5) is 4.54. The lowest BCUT2D eigenvalue weighted by Gasteiger charge is -2.13. The van der Waals surface area contributed by atoms with Crippen LogP contribution >= 0.6 is 0 Å². The molecule has 0 spiro atoms. The number of fused-ring (bicyclic) bond motifs is 12. The summed E-state index contributed by atoms with van der Waals surface area (Å²) >= 11 is 0. The molecule has 0 saturated carbocycles. The Morgan fingerprint density at radius 1 is 0.386 bits per heavy atom. The number of aromatic nitrogens is 3. The van der Waals surface area contributed by atoms with Crippen LogP contribution in [0.5, 0.6) is 0 Å². The van der Waals surface area contributed by atoms with Crippen LogP contribution in [0.2, 0.25) is 0 Å². The van der Waals surface area contributed by atoms with Crippen molar-refractivity contribution < 1.29 is 0 Å². The van der Waals surface area contributed by atoms with Crippen LogP contribution in [0, 0.1) is 0 Å². The Morgan fingerprint density at radius 3 is 2.00 bits per heavy atom. The van der Waals surface area contributed by atoms with E-state index in [9.17, 15) is 0 Å². The normalized spacial score (nSPS) is 12.1. The molecule has 3 heterocycles. The highest BCUT2D eigenvalue weighted by atomic mass is 15.0. The van der Waals surface area contributed by atoms with Crippen LogP contribution in [0.3, 0.4) is 0 Å². The van der Waals surface area contributed by atoms with Gasteiger partial charge < -0.3 is 9.13 Å². The van der Waals surface area contributed by atoms with E-state index < -0.39 is 0 Å². The topological polar surface area (TPSA) is 22.8 Å². The second kappa shape index (κ2) is 8.79. The lowest BCUT2D eigenvalue weighted by molar-refractivity contribution is 1.16. The average molecular weight is 560 g/mol. The van der Waals surface area contributed by atoms with E-state index in [0.717, 1.165) is 22.3 Å². The SMILES string of the molecule is c1ccc(-n2c3ccncc3c3cc(-n4c5ccccc5c5ccc6ccc7c8ccccc8ccc7c6c54)ccc32)cc1. The van der Waals surface area contributed by atoms with Crippen LogP contribution in [-0.4, -0.2) is 14.1 Å². The number of para-hydroxylation sites is 2. The first kappa shape index (κ1) is 23.6. The highest BCUT2D eigenvalue weighted by molar-refractivity contribution is 6.28. The van der Waals surface area contributed by atoms with Crippen molar-refractivity contribution in [2.24, 2.45) is 0 Å². The van der Waals surface area contributed by atoms with Gasteiger partial charge in [-0.1, -0.05) is 97.1 Å². The van der Waals surface area contributed by atoms with Crippen LogP contribution in [0.25, 0.3) is 87.3 Å². The number of benzene rings is 7. The number of hydrogen-bond donors (Lipinski definition) is 0. The van der Waals surface area contributed by atoms with Crippen LogP contribution in [0.15, 0.2) is 152 Å². The maximum absolute atomic E-state index is 4.54. The second-order valence-electron chi connectivity index (χ2n) is 11.6. The Kier molecular flexibility index (Phi) is 4.72. The van der Waals surface area contributed by atoms with E-state index >= 15 is 0 Å². The Bertz CT molecular complexity index is 2770. The summed E-state index contributed by atoms with van der Waals surface area (Å²) in [5, 5.41) is 12.5. The van der Waals surface area contributed by atoms with Crippen molar-refractivity contribution in [3.05, 3.63) is 152 Å². The minimum absolute atomic E-state index is 1.14. The monoisotopic (exact) mass is 559 g/mol. The number of nitrogens with zero attached hydrogens (tertiary/aromatic N) is 3. The summed E-state index contributed by atoms with van der Waals surface area (Å²) < 4.78 is 4.82. The molecule has 3 heteroatoms. The number of rotatable bonds is 2. The van der Waals surface area contributed by atoms with Gasteiger partial charge in [-0.15, -0.1) is 0 Å². The van der Waals surface area contributed by atoms with Crippen LogP contribution in [0.1, 0.15) is 0 Å². The van der Waals surface area contributed by atoms with Gasteiger partial charge in [0, 0.05) is 50.7 Å². The van der Waals surface area contributed by atoms with Crippen molar-refractivity contribution in [3.63, 3.8) is 0 Å². The predicted molar refractivity (Wildman–Crippen MR) is 185 cm³/mol. The Balaban J connectivity index is 1.37. The van der Waals surface area contributed by atoms with E-state index in [-0.39, 0.29) is 0 Å². The van der Waals surface area contributed by atoms with Gasteiger partial charge in [0.05, 0.1) is 22.1 Å². The van der Waals surface area contributed by atoms with Crippen molar-refractivity contribution in [2.75, 3.05) is 0 Å². The van der Waals surface area contributed by atoms with Crippen molar-refractivity contribution in [1.29, 1.82) is 0 Å². The van der Waals surface area contributed by atoms with Gasteiger partial charge in [0.2, 0.25) is 0 Å². The highest BCUT2D eigenvalue weighted by Gasteiger charge is 2.19. The van der Waals surface area contributed by atoms with Gasteiger partial charge in [-0.25, -0.2) is 0 Å². The molecule has 0 amide bonds. The fourth-order valence-electron chi connectivity index (χ4n) is 7.48. The number of pyridine rings is 1. The van der Waals surface area contributed by atoms with Crippen LogP contribution in [-0.2, 0) is 0 Å². The maximum atomic E-state index is 4.54. The molecule has 10 aromatic rings. The van der Waals surface area contributed by atoms with Gasteiger partial charge in [-0.05, 0) is 69.4 Å². The molecule has 3 nitrogen and oxygen atoms in total. The third-order valence-corrected chi connectivity index (χ3v) is 9.36. The molecule has 0 bridgehead atoms. The molecule has 204 valence electrons. The molecule has 0 atom stereocenters. The quantitative estimate of drug-likeness (QED) is 0.193. The number of hydrogen-bond acceptors (Lipinski definition) is 1. The molecular weight excluding hydrogens is 534 g/mol. The molecule has 0 fully saturated rings. The molecule has 44 heavy (non-hydrogen) atoms. The first-order valence-electron chi connectivity index (χ1n) is 15.1. The molecule has 0 unspecified atom stereocenters. The average Bonchev–Trinajstić information content (AvgIpc) is 3.61. The van der Waals surface area contributed by atoms with Crippen molar-refractivity contribution in [2.45, 2.75) is 0 Å². The van der Waals surface area contributed by atoms with Gasteiger partial charge in [-0.3, -0.25) is 4.98 Å². The molecule has 0 aliphatic heterocycles. The van der Waals surface area contributed by atoms with Crippen molar-refractivity contribution in [1.82, 2.24) is 14.1 Å². The third-order valence-electron chi connectivity index (χ3n) is 9.36. The fourth-order valence-corrected chi connectivity index (χ4v) is 7.48. The second-order valence-corrected chi connectivity index (χ2v) is 11.6. The molecule has 3 aromatic heterocycles. The zero-order valence-corrected chi connectivity index (χ0v) is 23.8. The molecular formula is C41H25N3. The third kappa shape index (κ3) is 3.13. The summed E-state index contributed by atoms with van der Waals surface area (Å²) in [6.07, 6.45) is 3.89. The molecule has 0 N–H and O–H groups in total. The van der Waals surface area contributed by atoms with Gasteiger partial charge in [-0.2, -0.15) is 0 Å². The minimum atomic E-state index is 1.14. The van der Waals surface area contributed by atoms with Gasteiger partial charge in [0.15, 0.2) is 0 Å². The first-order valence-corrected chi connectivity index (χ1v) is 15.1. The van der Waals surface area contributed by atoms with Crippen molar-refractivity contribution in [3.8, 4) is 11.4 Å². The zero-order chi connectivity index (χ0) is 28.8. The maximum Gasteiger partial charge on any atom is 0.0625 e. The summed E-state index contributed by atoms with van der Waals surface area (Å²) in [7, 11) is 0. The largest absolute Gasteiger partial charge is 0.309 e. The highest BCUT2D eigenvalue weighted by Crippen LogP contribution is 2.42.